The second-order valence-corrected chi connectivity index (χ2v) is 5.73. The number of fused-ring (bicyclic) bond motifs is 1. The normalized spacial score (nSPS) is 15.3. The van der Waals surface area contributed by atoms with Gasteiger partial charge in [-0.05, 0) is 30.7 Å². The van der Waals surface area contributed by atoms with Gasteiger partial charge in [0.05, 0.1) is 11.1 Å². The van der Waals surface area contributed by atoms with E-state index in [1.54, 1.807) is 43.3 Å². The van der Waals surface area contributed by atoms with Crippen LogP contribution in [0.4, 0.5) is 0 Å². The van der Waals surface area contributed by atoms with Crippen LogP contribution in [0, 0.1) is 6.92 Å². The second-order valence-electron chi connectivity index (χ2n) is 5.73. The molecule has 3 rings (SSSR count). The van der Waals surface area contributed by atoms with Crippen LogP contribution in [0.25, 0.3) is 0 Å². The fourth-order valence-corrected chi connectivity index (χ4v) is 2.83. The predicted molar refractivity (Wildman–Crippen MR) is 87.5 cm³/mol. The number of ether oxygens (including phenoxy) is 3. The van der Waals surface area contributed by atoms with Crippen molar-refractivity contribution in [2.24, 2.45) is 0 Å². The lowest BCUT2D eigenvalue weighted by molar-refractivity contribution is -0.132. The van der Waals surface area contributed by atoms with Gasteiger partial charge in [0.25, 0.3) is 0 Å². The summed E-state index contributed by atoms with van der Waals surface area (Å²) in [6.45, 7) is 4.32. The van der Waals surface area contributed by atoms with E-state index in [-0.39, 0.29) is 11.5 Å². The summed E-state index contributed by atoms with van der Waals surface area (Å²) < 4.78 is 16.1. The first kappa shape index (κ1) is 16.7. The fourth-order valence-electron chi connectivity index (χ4n) is 2.83. The largest absolute Gasteiger partial charge is 0.449 e. The Morgan fingerprint density at radius 1 is 1.00 bits per heavy atom. The van der Waals surface area contributed by atoms with E-state index in [2.05, 4.69) is 0 Å². The van der Waals surface area contributed by atoms with Crippen LogP contribution < -0.4 is 9.47 Å². The Hall–Kier alpha value is -3.15. The SMILES string of the molecule is CC(=O)Oc1cc(C)cc(OC(C)=O)c1C1OC(=O)c2ccccc21. The number of esters is 3. The maximum absolute atomic E-state index is 12.1. The summed E-state index contributed by atoms with van der Waals surface area (Å²) in [5.41, 5.74) is 2.11. The molecule has 0 aliphatic carbocycles. The van der Waals surface area contributed by atoms with Gasteiger partial charge in [-0.15, -0.1) is 0 Å². The number of hydrogen-bond acceptors (Lipinski definition) is 6. The van der Waals surface area contributed by atoms with Crippen LogP contribution in [-0.2, 0) is 14.3 Å². The van der Waals surface area contributed by atoms with Crippen molar-refractivity contribution in [1.29, 1.82) is 0 Å². The molecule has 6 heteroatoms. The van der Waals surface area contributed by atoms with E-state index >= 15 is 0 Å². The molecule has 0 aromatic heterocycles. The van der Waals surface area contributed by atoms with E-state index in [0.717, 1.165) is 5.56 Å². The number of rotatable bonds is 3. The van der Waals surface area contributed by atoms with Crippen molar-refractivity contribution in [3.8, 4) is 11.5 Å². The van der Waals surface area contributed by atoms with Crippen molar-refractivity contribution in [3.63, 3.8) is 0 Å². The molecule has 2 aromatic carbocycles. The molecule has 0 amide bonds. The van der Waals surface area contributed by atoms with Crippen molar-refractivity contribution >= 4 is 17.9 Å². The van der Waals surface area contributed by atoms with Crippen LogP contribution in [0.1, 0.15) is 47.0 Å². The van der Waals surface area contributed by atoms with E-state index < -0.39 is 24.0 Å². The molecule has 1 atom stereocenters. The molecule has 0 spiro atoms. The highest BCUT2D eigenvalue weighted by Crippen LogP contribution is 2.45. The predicted octanol–water partition coefficient (Wildman–Crippen LogP) is 3.11. The summed E-state index contributed by atoms with van der Waals surface area (Å²) >= 11 is 0. The van der Waals surface area contributed by atoms with Gasteiger partial charge >= 0.3 is 17.9 Å². The minimum Gasteiger partial charge on any atom is -0.449 e. The first-order valence-corrected chi connectivity index (χ1v) is 7.68. The summed E-state index contributed by atoms with van der Waals surface area (Å²) in [7, 11) is 0. The Bertz CT molecular complexity index is 846. The number of cyclic esters (lactones) is 1. The molecule has 0 radical (unpaired) electrons. The summed E-state index contributed by atoms with van der Waals surface area (Å²) in [6, 6.07) is 10.2. The first-order valence-electron chi connectivity index (χ1n) is 7.68. The molecule has 128 valence electrons. The maximum atomic E-state index is 12.1. The molecule has 0 saturated heterocycles. The number of hydrogen-bond donors (Lipinski definition) is 0. The Morgan fingerprint density at radius 3 is 2.12 bits per heavy atom. The van der Waals surface area contributed by atoms with E-state index in [0.29, 0.717) is 16.7 Å². The quantitative estimate of drug-likeness (QED) is 0.631. The average molecular weight is 340 g/mol. The van der Waals surface area contributed by atoms with Gasteiger partial charge < -0.3 is 14.2 Å². The van der Waals surface area contributed by atoms with E-state index in [1.165, 1.54) is 13.8 Å². The van der Waals surface area contributed by atoms with Gasteiger partial charge in [0.1, 0.15) is 11.5 Å². The van der Waals surface area contributed by atoms with Crippen LogP contribution >= 0.6 is 0 Å². The van der Waals surface area contributed by atoms with Gasteiger partial charge in [0, 0.05) is 19.4 Å². The lowest BCUT2D eigenvalue weighted by atomic mass is 9.96. The smallest absolute Gasteiger partial charge is 0.339 e. The highest BCUT2D eigenvalue weighted by atomic mass is 16.6. The molecule has 1 heterocycles. The number of aryl methyl sites for hydroxylation is 1. The summed E-state index contributed by atoms with van der Waals surface area (Å²) in [5.74, 6) is -1.16. The molecule has 1 aliphatic heterocycles. The van der Waals surface area contributed by atoms with Crippen LogP contribution in [0.2, 0.25) is 0 Å². The first-order chi connectivity index (χ1) is 11.9. The highest BCUT2D eigenvalue weighted by molar-refractivity contribution is 5.95. The van der Waals surface area contributed by atoms with Crippen LogP contribution in [0.5, 0.6) is 11.5 Å². The van der Waals surface area contributed by atoms with Crippen molar-refractivity contribution in [3.05, 3.63) is 58.7 Å². The van der Waals surface area contributed by atoms with Crippen molar-refractivity contribution in [2.45, 2.75) is 26.9 Å². The van der Waals surface area contributed by atoms with E-state index in [1.807, 2.05) is 0 Å². The van der Waals surface area contributed by atoms with E-state index in [9.17, 15) is 14.4 Å². The Labute approximate surface area is 144 Å². The molecule has 1 aliphatic rings. The lowest BCUT2D eigenvalue weighted by Crippen LogP contribution is -2.12. The highest BCUT2D eigenvalue weighted by Gasteiger charge is 2.36. The summed E-state index contributed by atoms with van der Waals surface area (Å²) in [4.78, 5) is 35.1. The van der Waals surface area contributed by atoms with Crippen molar-refractivity contribution in [1.82, 2.24) is 0 Å². The zero-order chi connectivity index (χ0) is 18.1. The standard InChI is InChI=1S/C19H16O6/c1-10-8-15(23-11(2)20)17(16(9-10)24-12(3)21)18-13-6-4-5-7-14(13)19(22)25-18/h4-9,18H,1-3H3. The molecule has 0 saturated carbocycles. The molecule has 2 aromatic rings. The lowest BCUT2D eigenvalue weighted by Gasteiger charge is -2.19. The van der Waals surface area contributed by atoms with Gasteiger partial charge in [-0.3, -0.25) is 9.59 Å². The summed E-state index contributed by atoms with van der Waals surface area (Å²) in [5, 5.41) is 0. The van der Waals surface area contributed by atoms with Gasteiger partial charge in [0.15, 0.2) is 6.10 Å². The zero-order valence-electron chi connectivity index (χ0n) is 14.0. The minimum atomic E-state index is -0.826. The van der Waals surface area contributed by atoms with Gasteiger partial charge in [0.2, 0.25) is 0 Å². The molecule has 1 unspecified atom stereocenters. The third-order valence-corrected chi connectivity index (χ3v) is 3.71. The monoisotopic (exact) mass is 340 g/mol. The molecule has 0 bridgehead atoms. The molecule has 6 nitrogen and oxygen atoms in total. The maximum Gasteiger partial charge on any atom is 0.339 e. The van der Waals surface area contributed by atoms with Crippen molar-refractivity contribution in [2.75, 3.05) is 0 Å². The van der Waals surface area contributed by atoms with Gasteiger partial charge in [-0.1, -0.05) is 18.2 Å². The topological polar surface area (TPSA) is 78.9 Å². The van der Waals surface area contributed by atoms with Crippen LogP contribution in [-0.4, -0.2) is 17.9 Å². The number of benzene rings is 2. The molecular weight excluding hydrogens is 324 g/mol. The van der Waals surface area contributed by atoms with Crippen molar-refractivity contribution < 1.29 is 28.6 Å². The summed E-state index contributed by atoms with van der Waals surface area (Å²) in [6.07, 6.45) is -0.826. The minimum absolute atomic E-state index is 0.193. The van der Waals surface area contributed by atoms with Gasteiger partial charge in [-0.25, -0.2) is 4.79 Å². The Balaban J connectivity index is 2.21. The average Bonchev–Trinajstić information content (AvgIpc) is 2.83. The third kappa shape index (κ3) is 3.24. The number of carbonyl (C=O) groups is 3. The fraction of sp³-hybridized carbons (Fsp3) is 0.211. The third-order valence-electron chi connectivity index (χ3n) is 3.71. The van der Waals surface area contributed by atoms with E-state index in [4.69, 9.17) is 14.2 Å². The van der Waals surface area contributed by atoms with Crippen LogP contribution in [0.15, 0.2) is 36.4 Å². The zero-order valence-corrected chi connectivity index (χ0v) is 14.0. The number of carbonyl (C=O) groups excluding carboxylic acids is 3. The molecule has 0 fully saturated rings. The van der Waals surface area contributed by atoms with Crippen LogP contribution in [0.3, 0.4) is 0 Å². The molecule has 0 N–H and O–H groups in total. The van der Waals surface area contributed by atoms with Gasteiger partial charge in [-0.2, -0.15) is 0 Å². The Morgan fingerprint density at radius 2 is 1.56 bits per heavy atom. The molecule has 25 heavy (non-hydrogen) atoms. The molecular formula is C19H16O6. The Kier molecular flexibility index (Phi) is 4.27. The second kappa shape index (κ2) is 6.39.